The molecule has 0 aromatic heterocycles. The van der Waals surface area contributed by atoms with E-state index in [1.165, 1.54) is 18.6 Å². The topological polar surface area (TPSA) is 53.2 Å². The van der Waals surface area contributed by atoms with Crippen molar-refractivity contribution < 1.29 is 18.0 Å². The van der Waals surface area contributed by atoms with Crippen molar-refractivity contribution in [3.8, 4) is 0 Å². The Kier molecular flexibility index (Phi) is 18.6. The van der Waals surface area contributed by atoms with Crippen molar-refractivity contribution in [2.45, 2.75) is 48.0 Å². The molecule has 0 aliphatic rings. The smallest absolute Gasteiger partial charge is 0.253 e. The van der Waals surface area contributed by atoms with E-state index in [0.717, 1.165) is 18.7 Å². The van der Waals surface area contributed by atoms with Crippen molar-refractivity contribution in [2.24, 2.45) is 0 Å². The second kappa shape index (κ2) is 18.9. The zero-order valence-electron chi connectivity index (χ0n) is 20.3. The zero-order valence-corrected chi connectivity index (χ0v) is 20.3. The highest BCUT2D eigenvalue weighted by atomic mass is 19.2. The molecule has 7 heteroatoms. The van der Waals surface area contributed by atoms with Gasteiger partial charge < -0.3 is 16.0 Å². The molecular weight excluding hydrogens is 415 g/mol. The lowest BCUT2D eigenvalue weighted by molar-refractivity contribution is 0.0956. The summed E-state index contributed by atoms with van der Waals surface area (Å²) in [5.41, 5.74) is 0.154. The van der Waals surface area contributed by atoms with Crippen LogP contribution in [-0.2, 0) is 0 Å². The summed E-state index contributed by atoms with van der Waals surface area (Å²) in [6.07, 6.45) is 3.07. The number of amides is 1. The van der Waals surface area contributed by atoms with Crippen molar-refractivity contribution in [1.29, 1.82) is 0 Å². The quantitative estimate of drug-likeness (QED) is 0.425. The predicted molar refractivity (Wildman–Crippen MR) is 130 cm³/mol. The molecule has 0 saturated carbocycles. The first-order chi connectivity index (χ1) is 15.3. The fourth-order valence-corrected chi connectivity index (χ4v) is 2.12. The first-order valence-electron chi connectivity index (χ1n) is 10.8. The van der Waals surface area contributed by atoms with Crippen molar-refractivity contribution in [3.05, 3.63) is 71.6 Å². The highest BCUT2D eigenvalue weighted by molar-refractivity contribution is 6.00. The molecule has 0 heterocycles. The van der Waals surface area contributed by atoms with Crippen molar-refractivity contribution in [3.63, 3.8) is 0 Å². The molecule has 32 heavy (non-hydrogen) atoms. The minimum Gasteiger partial charge on any atom is -0.352 e. The van der Waals surface area contributed by atoms with E-state index in [0.29, 0.717) is 12.1 Å². The predicted octanol–water partition coefficient (Wildman–Crippen LogP) is 6.74. The van der Waals surface area contributed by atoms with E-state index in [2.05, 4.69) is 36.4 Å². The minimum atomic E-state index is -1.23. The van der Waals surface area contributed by atoms with Crippen LogP contribution in [-0.4, -0.2) is 26.0 Å². The number of hydrogen-bond donors (Lipinski definition) is 3. The summed E-state index contributed by atoms with van der Waals surface area (Å²) >= 11 is 0. The number of hydrogen-bond acceptors (Lipinski definition) is 3. The van der Waals surface area contributed by atoms with Crippen LogP contribution < -0.4 is 16.0 Å². The first kappa shape index (κ1) is 31.4. The monoisotopic (exact) mass is 453 g/mol. The van der Waals surface area contributed by atoms with E-state index in [-0.39, 0.29) is 11.3 Å². The number of carbonyl (C=O) groups excluding carboxylic acids is 1. The number of benzene rings is 2. The lowest BCUT2D eigenvalue weighted by Crippen LogP contribution is -2.24. The average Bonchev–Trinajstić information content (AvgIpc) is 2.76. The van der Waals surface area contributed by atoms with E-state index in [4.69, 9.17) is 0 Å². The lowest BCUT2D eigenvalue weighted by atomic mass is 10.1. The van der Waals surface area contributed by atoms with Crippen LogP contribution in [0.5, 0.6) is 0 Å². The zero-order chi connectivity index (χ0) is 25.1. The largest absolute Gasteiger partial charge is 0.352 e. The number of carbonyl (C=O) groups is 1. The van der Waals surface area contributed by atoms with Crippen LogP contribution in [0.2, 0.25) is 0 Å². The number of halogens is 3. The fraction of sp³-hybridized carbons (Fsp3) is 0.400. The van der Waals surface area contributed by atoms with Gasteiger partial charge in [-0.1, -0.05) is 46.3 Å². The molecular formula is C25H38F3N3O. The van der Waals surface area contributed by atoms with Gasteiger partial charge in [-0.15, -0.1) is 6.58 Å². The third-order valence-corrected chi connectivity index (χ3v) is 3.41. The highest BCUT2D eigenvalue weighted by Crippen LogP contribution is 2.28. The SMILES string of the molecule is C=CCNC.CC.CCC.CCNC(=O)c1ccc(F)c(F)c1Nc1ccc(C)cc1F. The number of aryl methyl sites for hydroxylation is 1. The molecule has 0 fully saturated rings. The first-order valence-corrected chi connectivity index (χ1v) is 10.8. The molecule has 2 aromatic rings. The maximum atomic E-state index is 14.0. The summed E-state index contributed by atoms with van der Waals surface area (Å²) in [4.78, 5) is 11.9. The van der Waals surface area contributed by atoms with Crippen LogP contribution >= 0.6 is 0 Å². The second-order valence-electron chi connectivity index (χ2n) is 6.31. The fourth-order valence-electron chi connectivity index (χ4n) is 2.12. The Bertz CT molecular complexity index is 811. The Morgan fingerprint density at radius 3 is 2.06 bits per heavy atom. The summed E-state index contributed by atoms with van der Waals surface area (Å²) in [6, 6.07) is 6.28. The standard InChI is InChI=1S/C16H15F3N2O.C4H9N.C3H8.C2H6/c1-3-20-16(22)10-5-6-11(17)14(19)15(10)21-13-7-4-9(2)8-12(13)18;1-3-4-5-2;1-3-2;1-2/h4-8,21H,3H2,1-2H3,(H,20,22);3,5H,1,4H2,2H3;3H2,1-2H3;1-2H3. The third kappa shape index (κ3) is 11.6. The van der Waals surface area contributed by atoms with Crippen LogP contribution in [0.3, 0.4) is 0 Å². The van der Waals surface area contributed by atoms with Gasteiger partial charge in [0.2, 0.25) is 0 Å². The third-order valence-electron chi connectivity index (χ3n) is 3.41. The van der Waals surface area contributed by atoms with Crippen LogP contribution in [0.25, 0.3) is 0 Å². The van der Waals surface area contributed by atoms with Crippen LogP contribution in [0.1, 0.15) is 57.0 Å². The average molecular weight is 454 g/mol. The van der Waals surface area contributed by atoms with Gasteiger partial charge in [0.05, 0.1) is 16.9 Å². The Morgan fingerprint density at radius 1 is 1.03 bits per heavy atom. The molecule has 180 valence electrons. The van der Waals surface area contributed by atoms with E-state index in [9.17, 15) is 18.0 Å². The van der Waals surface area contributed by atoms with Gasteiger partial charge in [-0.25, -0.2) is 13.2 Å². The normalized spacial score (nSPS) is 9.06. The Morgan fingerprint density at radius 2 is 1.62 bits per heavy atom. The van der Waals surface area contributed by atoms with E-state index >= 15 is 0 Å². The molecule has 2 aromatic carbocycles. The molecule has 0 bridgehead atoms. The Balaban J connectivity index is 0. The maximum absolute atomic E-state index is 14.0. The van der Waals surface area contributed by atoms with Crippen molar-refractivity contribution >= 4 is 17.3 Å². The van der Waals surface area contributed by atoms with Gasteiger partial charge >= 0.3 is 0 Å². The summed E-state index contributed by atoms with van der Waals surface area (Å²) in [7, 11) is 1.89. The molecule has 0 radical (unpaired) electrons. The van der Waals surface area contributed by atoms with E-state index in [1.807, 2.05) is 27.0 Å². The van der Waals surface area contributed by atoms with E-state index in [1.54, 1.807) is 19.9 Å². The maximum Gasteiger partial charge on any atom is 0.253 e. The summed E-state index contributed by atoms with van der Waals surface area (Å²) in [6.45, 7) is 16.4. The second-order valence-corrected chi connectivity index (χ2v) is 6.31. The molecule has 2 rings (SSSR count). The molecule has 0 aliphatic heterocycles. The van der Waals surface area contributed by atoms with Crippen molar-refractivity contribution in [2.75, 3.05) is 25.5 Å². The summed E-state index contributed by atoms with van der Waals surface area (Å²) in [5.74, 6) is -3.55. The van der Waals surface area contributed by atoms with Gasteiger partial charge in [0.1, 0.15) is 5.82 Å². The molecule has 4 nitrogen and oxygen atoms in total. The van der Waals surface area contributed by atoms with Crippen LogP contribution in [0, 0.1) is 24.4 Å². The molecule has 0 spiro atoms. The highest BCUT2D eigenvalue weighted by Gasteiger charge is 2.19. The van der Waals surface area contributed by atoms with Gasteiger partial charge in [0, 0.05) is 13.1 Å². The molecule has 1 amide bonds. The molecule has 0 saturated heterocycles. The number of likely N-dealkylation sites (N-methyl/N-ethyl adjacent to an activating group) is 1. The number of nitrogens with one attached hydrogen (secondary N) is 3. The lowest BCUT2D eigenvalue weighted by Gasteiger charge is -2.14. The van der Waals surface area contributed by atoms with Crippen LogP contribution in [0.4, 0.5) is 24.5 Å². The van der Waals surface area contributed by atoms with Gasteiger partial charge in [-0.05, 0) is 50.7 Å². The minimum absolute atomic E-state index is 0.0411. The van der Waals surface area contributed by atoms with Gasteiger partial charge in [0.15, 0.2) is 11.6 Å². The van der Waals surface area contributed by atoms with E-state index < -0.39 is 29.0 Å². The number of rotatable bonds is 6. The number of anilines is 2. The Hall–Kier alpha value is -2.80. The summed E-state index contributed by atoms with van der Waals surface area (Å²) in [5, 5.41) is 7.86. The summed E-state index contributed by atoms with van der Waals surface area (Å²) < 4.78 is 41.3. The molecule has 0 atom stereocenters. The van der Waals surface area contributed by atoms with Gasteiger partial charge in [0.25, 0.3) is 5.91 Å². The van der Waals surface area contributed by atoms with Gasteiger partial charge in [-0.3, -0.25) is 4.79 Å². The molecule has 0 aliphatic carbocycles. The van der Waals surface area contributed by atoms with Crippen LogP contribution in [0.15, 0.2) is 43.0 Å². The molecule has 3 N–H and O–H groups in total. The van der Waals surface area contributed by atoms with Crippen molar-refractivity contribution in [1.82, 2.24) is 10.6 Å². The van der Waals surface area contributed by atoms with Gasteiger partial charge in [-0.2, -0.15) is 0 Å². The molecule has 0 unspecified atom stereocenters. The Labute approximate surface area is 191 Å².